The third-order valence-electron chi connectivity index (χ3n) is 2.14. The van der Waals surface area contributed by atoms with Crippen LogP contribution in [0.2, 0.25) is 0 Å². The van der Waals surface area contributed by atoms with Gasteiger partial charge in [-0.15, -0.1) is 0 Å². The summed E-state index contributed by atoms with van der Waals surface area (Å²) < 4.78 is 1.51. The summed E-state index contributed by atoms with van der Waals surface area (Å²) in [5, 5.41) is 12.6. The van der Waals surface area contributed by atoms with Gasteiger partial charge in [-0.05, 0) is 13.8 Å². The molecule has 0 saturated carbocycles. The number of carboxylic acids is 1. The molecule has 0 aliphatic heterocycles. The molecule has 1 rings (SSSR count). The van der Waals surface area contributed by atoms with Crippen LogP contribution in [0.3, 0.4) is 0 Å². The van der Waals surface area contributed by atoms with Gasteiger partial charge in [0.05, 0.1) is 11.8 Å². The van der Waals surface area contributed by atoms with Gasteiger partial charge in [0.15, 0.2) is 0 Å². The summed E-state index contributed by atoms with van der Waals surface area (Å²) in [4.78, 5) is 23.9. The van der Waals surface area contributed by atoms with Crippen LogP contribution in [0.25, 0.3) is 0 Å². The molecular formula is C10H15N3O3. The molecule has 1 aromatic heterocycles. The van der Waals surface area contributed by atoms with Gasteiger partial charge in [0.25, 0.3) is 5.91 Å². The number of hydrogen-bond acceptors (Lipinski definition) is 3. The van der Waals surface area contributed by atoms with E-state index in [9.17, 15) is 9.59 Å². The van der Waals surface area contributed by atoms with E-state index in [0.717, 1.165) is 0 Å². The molecule has 1 amide bonds. The van der Waals surface area contributed by atoms with E-state index < -0.39 is 5.97 Å². The molecule has 0 fully saturated rings. The Balaban J connectivity index is 2.87. The van der Waals surface area contributed by atoms with Crippen LogP contribution in [0.5, 0.6) is 0 Å². The number of carbonyl (C=O) groups excluding carboxylic acids is 1. The van der Waals surface area contributed by atoms with E-state index in [-0.39, 0.29) is 18.5 Å². The van der Waals surface area contributed by atoms with Crippen LogP contribution < -0.4 is 0 Å². The Morgan fingerprint density at radius 3 is 2.56 bits per heavy atom. The number of rotatable bonds is 4. The van der Waals surface area contributed by atoms with Crippen LogP contribution in [-0.4, -0.2) is 44.3 Å². The van der Waals surface area contributed by atoms with Crippen LogP contribution >= 0.6 is 0 Å². The fourth-order valence-corrected chi connectivity index (χ4v) is 1.33. The minimum Gasteiger partial charge on any atom is -0.480 e. The Kier molecular flexibility index (Phi) is 3.65. The molecule has 0 bridgehead atoms. The van der Waals surface area contributed by atoms with Gasteiger partial charge in [-0.2, -0.15) is 5.10 Å². The number of nitrogens with zero attached hydrogens (tertiary/aromatic N) is 3. The van der Waals surface area contributed by atoms with Crippen molar-refractivity contribution < 1.29 is 14.7 Å². The average molecular weight is 225 g/mol. The Bertz CT molecular complexity index is 398. The standard InChI is InChI=1S/C10H15N3O3/c1-7(2)13(6-9(14)15)10(16)8-4-11-12(3)5-8/h4-5,7H,6H2,1-3H3,(H,14,15). The van der Waals surface area contributed by atoms with E-state index in [0.29, 0.717) is 5.56 Å². The lowest BCUT2D eigenvalue weighted by Gasteiger charge is -2.24. The van der Waals surface area contributed by atoms with E-state index >= 15 is 0 Å². The predicted molar refractivity (Wildman–Crippen MR) is 57.0 cm³/mol. The van der Waals surface area contributed by atoms with Crippen molar-refractivity contribution in [2.24, 2.45) is 7.05 Å². The van der Waals surface area contributed by atoms with E-state index in [1.165, 1.54) is 15.8 Å². The van der Waals surface area contributed by atoms with Crippen molar-refractivity contribution in [3.05, 3.63) is 18.0 Å². The number of amides is 1. The lowest BCUT2D eigenvalue weighted by molar-refractivity contribution is -0.138. The zero-order valence-electron chi connectivity index (χ0n) is 9.54. The Labute approximate surface area is 93.5 Å². The Hall–Kier alpha value is -1.85. The number of hydrogen-bond donors (Lipinski definition) is 1. The highest BCUT2D eigenvalue weighted by Crippen LogP contribution is 2.07. The average Bonchev–Trinajstić information content (AvgIpc) is 2.59. The Morgan fingerprint density at radius 1 is 1.56 bits per heavy atom. The van der Waals surface area contributed by atoms with Gasteiger partial charge in [0.2, 0.25) is 0 Å². The molecule has 1 N–H and O–H groups in total. The highest BCUT2D eigenvalue weighted by atomic mass is 16.4. The number of carboxylic acid groups (broad SMARTS) is 1. The summed E-state index contributed by atoms with van der Waals surface area (Å²) in [6.07, 6.45) is 3.00. The normalized spacial score (nSPS) is 10.5. The largest absolute Gasteiger partial charge is 0.480 e. The number of aliphatic carboxylic acids is 1. The molecule has 88 valence electrons. The molecule has 0 aliphatic rings. The number of aromatic nitrogens is 2. The fourth-order valence-electron chi connectivity index (χ4n) is 1.33. The monoisotopic (exact) mass is 225 g/mol. The maximum atomic E-state index is 11.9. The van der Waals surface area contributed by atoms with Crippen molar-refractivity contribution in [2.75, 3.05) is 6.54 Å². The SMILES string of the molecule is CC(C)N(CC(=O)O)C(=O)c1cnn(C)c1. The maximum Gasteiger partial charge on any atom is 0.323 e. The first-order valence-corrected chi connectivity index (χ1v) is 4.93. The maximum absolute atomic E-state index is 11.9. The molecule has 0 atom stereocenters. The molecule has 0 spiro atoms. The quantitative estimate of drug-likeness (QED) is 0.802. The van der Waals surface area contributed by atoms with Crippen LogP contribution in [-0.2, 0) is 11.8 Å². The molecule has 6 nitrogen and oxygen atoms in total. The van der Waals surface area contributed by atoms with E-state index in [1.54, 1.807) is 27.1 Å². The minimum absolute atomic E-state index is 0.163. The van der Waals surface area contributed by atoms with Crippen molar-refractivity contribution in [3.8, 4) is 0 Å². The zero-order chi connectivity index (χ0) is 12.3. The first-order chi connectivity index (χ1) is 7.41. The second-order valence-electron chi connectivity index (χ2n) is 3.82. The zero-order valence-corrected chi connectivity index (χ0v) is 9.54. The van der Waals surface area contributed by atoms with Gasteiger partial charge in [-0.25, -0.2) is 0 Å². The van der Waals surface area contributed by atoms with Gasteiger partial charge in [-0.1, -0.05) is 0 Å². The van der Waals surface area contributed by atoms with Crippen LogP contribution in [0.15, 0.2) is 12.4 Å². The molecule has 0 aliphatic carbocycles. The van der Waals surface area contributed by atoms with Gasteiger partial charge < -0.3 is 10.0 Å². The first kappa shape index (κ1) is 12.2. The van der Waals surface area contributed by atoms with Crippen molar-refractivity contribution in [1.29, 1.82) is 0 Å². The summed E-state index contributed by atoms with van der Waals surface area (Å²) >= 11 is 0. The van der Waals surface area contributed by atoms with E-state index in [2.05, 4.69) is 5.10 Å². The summed E-state index contributed by atoms with van der Waals surface area (Å²) in [7, 11) is 1.70. The minimum atomic E-state index is -1.02. The molecular weight excluding hydrogens is 210 g/mol. The van der Waals surface area contributed by atoms with Crippen molar-refractivity contribution in [3.63, 3.8) is 0 Å². The van der Waals surface area contributed by atoms with Crippen molar-refractivity contribution >= 4 is 11.9 Å². The van der Waals surface area contributed by atoms with Gasteiger partial charge in [0.1, 0.15) is 6.54 Å². The van der Waals surface area contributed by atoms with Crippen LogP contribution in [0.1, 0.15) is 24.2 Å². The summed E-state index contributed by atoms with van der Waals surface area (Å²) in [6, 6.07) is -0.163. The lowest BCUT2D eigenvalue weighted by atomic mass is 10.2. The lowest BCUT2D eigenvalue weighted by Crippen LogP contribution is -2.40. The summed E-state index contributed by atoms with van der Waals surface area (Å²) in [5.74, 6) is -1.34. The van der Waals surface area contributed by atoms with Gasteiger partial charge in [-0.3, -0.25) is 14.3 Å². The molecule has 0 saturated heterocycles. The van der Waals surface area contributed by atoms with Gasteiger partial charge in [0, 0.05) is 19.3 Å². The highest BCUT2D eigenvalue weighted by Gasteiger charge is 2.22. The molecule has 0 radical (unpaired) electrons. The van der Waals surface area contributed by atoms with Crippen LogP contribution in [0.4, 0.5) is 0 Å². The summed E-state index contributed by atoms with van der Waals surface area (Å²) in [6.45, 7) is 3.25. The third kappa shape index (κ3) is 2.82. The van der Waals surface area contributed by atoms with E-state index in [1.807, 2.05) is 0 Å². The summed E-state index contributed by atoms with van der Waals surface area (Å²) in [5.41, 5.74) is 0.400. The van der Waals surface area contributed by atoms with Gasteiger partial charge >= 0.3 is 5.97 Å². The smallest absolute Gasteiger partial charge is 0.323 e. The molecule has 16 heavy (non-hydrogen) atoms. The molecule has 0 unspecified atom stereocenters. The first-order valence-electron chi connectivity index (χ1n) is 4.93. The molecule has 1 aromatic rings. The van der Waals surface area contributed by atoms with Crippen molar-refractivity contribution in [2.45, 2.75) is 19.9 Å². The van der Waals surface area contributed by atoms with Crippen LogP contribution in [0, 0.1) is 0 Å². The second-order valence-corrected chi connectivity index (χ2v) is 3.82. The Morgan fingerprint density at radius 2 is 2.19 bits per heavy atom. The van der Waals surface area contributed by atoms with Crippen molar-refractivity contribution in [1.82, 2.24) is 14.7 Å². The topological polar surface area (TPSA) is 75.4 Å². The second kappa shape index (κ2) is 4.78. The molecule has 0 aromatic carbocycles. The number of carbonyl (C=O) groups is 2. The molecule has 6 heteroatoms. The van der Waals surface area contributed by atoms with E-state index in [4.69, 9.17) is 5.11 Å². The molecule has 1 heterocycles. The highest BCUT2D eigenvalue weighted by molar-refractivity contribution is 5.95. The number of aryl methyl sites for hydroxylation is 1. The third-order valence-corrected chi connectivity index (χ3v) is 2.14. The predicted octanol–water partition coefficient (Wildman–Crippen LogP) is 0.355. The fraction of sp³-hybridized carbons (Fsp3) is 0.500.